The van der Waals surface area contributed by atoms with Crippen molar-refractivity contribution >= 4 is 33.6 Å². The molecule has 0 aromatic heterocycles. The van der Waals surface area contributed by atoms with E-state index in [1.165, 1.54) is 17.7 Å². The predicted molar refractivity (Wildman–Crippen MR) is 126 cm³/mol. The minimum atomic E-state index is -3.48. The Kier molecular flexibility index (Phi) is 7.81. The Hall–Kier alpha value is -1.84. The number of amides is 3. The Morgan fingerprint density at radius 3 is 2.55 bits per heavy atom. The van der Waals surface area contributed by atoms with Gasteiger partial charge in [0.2, 0.25) is 15.9 Å². The molecule has 10 heteroatoms. The van der Waals surface area contributed by atoms with Gasteiger partial charge in [0.15, 0.2) is 0 Å². The van der Waals surface area contributed by atoms with Crippen molar-refractivity contribution in [3.8, 4) is 5.75 Å². The summed E-state index contributed by atoms with van der Waals surface area (Å²) in [6.45, 7) is 1.17. The second-order valence-corrected chi connectivity index (χ2v) is 11.7. The van der Waals surface area contributed by atoms with E-state index in [4.69, 9.17) is 16.3 Å². The SMILES string of the molecule is O=C1CN(CCCCCS(=O)(=O)N[C@H](CC2CC2)c2ccc(Cl)c(OCC3CC3)c2)C(=O)N1. The molecule has 33 heavy (non-hydrogen) atoms. The molecule has 8 nitrogen and oxygen atoms in total. The lowest BCUT2D eigenvalue weighted by Gasteiger charge is -2.20. The van der Waals surface area contributed by atoms with Gasteiger partial charge in [-0.3, -0.25) is 10.1 Å². The first-order valence-electron chi connectivity index (χ1n) is 11.8. The zero-order valence-electron chi connectivity index (χ0n) is 18.7. The maximum atomic E-state index is 12.8. The number of urea groups is 1. The van der Waals surface area contributed by atoms with Gasteiger partial charge in [-0.1, -0.05) is 36.9 Å². The summed E-state index contributed by atoms with van der Waals surface area (Å²) in [7, 11) is -3.48. The van der Waals surface area contributed by atoms with Crippen LogP contribution in [0.1, 0.15) is 63.0 Å². The average Bonchev–Trinajstić information content (AvgIpc) is 3.67. The van der Waals surface area contributed by atoms with Crippen LogP contribution < -0.4 is 14.8 Å². The van der Waals surface area contributed by atoms with E-state index in [1.54, 1.807) is 6.07 Å². The second-order valence-electron chi connectivity index (χ2n) is 9.45. The molecule has 0 spiro atoms. The number of ether oxygens (including phenoxy) is 1. The molecule has 2 aliphatic carbocycles. The van der Waals surface area contributed by atoms with Crippen LogP contribution in [0.3, 0.4) is 0 Å². The molecule has 182 valence electrons. The van der Waals surface area contributed by atoms with E-state index in [-0.39, 0.29) is 30.3 Å². The molecule has 1 aliphatic heterocycles. The standard InChI is InChI=1S/C23H32ClN3O5S/c24-19-9-8-18(13-21(19)32-15-17-6-7-17)20(12-16-4-5-16)26-33(30,31)11-3-1-2-10-27-14-22(28)25-23(27)29/h8-9,13,16-17,20,26H,1-7,10-12,14-15H2,(H,25,28,29)/t20-/m1/s1. The van der Waals surface area contributed by atoms with Crippen molar-refractivity contribution in [3.05, 3.63) is 28.8 Å². The summed E-state index contributed by atoms with van der Waals surface area (Å²) in [6.07, 6.45) is 7.20. The van der Waals surface area contributed by atoms with E-state index < -0.39 is 10.0 Å². The number of halogens is 1. The molecular formula is C23H32ClN3O5S. The number of nitrogens with zero attached hydrogens (tertiary/aromatic N) is 1. The fourth-order valence-corrected chi connectivity index (χ4v) is 5.53. The van der Waals surface area contributed by atoms with Crippen LogP contribution in [-0.2, 0) is 14.8 Å². The lowest BCUT2D eigenvalue weighted by molar-refractivity contribution is -0.118. The molecule has 3 fully saturated rings. The van der Waals surface area contributed by atoms with Crippen molar-refractivity contribution in [2.24, 2.45) is 11.8 Å². The zero-order valence-corrected chi connectivity index (χ0v) is 20.3. The van der Waals surface area contributed by atoms with Crippen LogP contribution in [0, 0.1) is 11.8 Å². The third kappa shape index (κ3) is 7.58. The number of sulfonamides is 1. The van der Waals surface area contributed by atoms with Gasteiger partial charge in [0, 0.05) is 12.6 Å². The third-order valence-electron chi connectivity index (χ3n) is 6.33. The second kappa shape index (κ2) is 10.6. The van der Waals surface area contributed by atoms with Gasteiger partial charge in [0.05, 0.1) is 17.4 Å². The number of hydrogen-bond acceptors (Lipinski definition) is 5. The van der Waals surface area contributed by atoms with Crippen LogP contribution in [0.25, 0.3) is 0 Å². The average molecular weight is 498 g/mol. The zero-order chi connectivity index (χ0) is 23.4. The molecule has 4 rings (SSSR count). The quantitative estimate of drug-likeness (QED) is 0.302. The third-order valence-corrected chi connectivity index (χ3v) is 8.11. The largest absolute Gasteiger partial charge is 0.492 e. The van der Waals surface area contributed by atoms with E-state index in [2.05, 4.69) is 10.0 Å². The summed E-state index contributed by atoms with van der Waals surface area (Å²) >= 11 is 6.31. The number of rotatable bonds is 14. The smallest absolute Gasteiger partial charge is 0.324 e. The number of unbranched alkanes of at least 4 members (excludes halogenated alkanes) is 2. The van der Waals surface area contributed by atoms with Crippen LogP contribution in [0.5, 0.6) is 5.75 Å². The number of benzene rings is 1. The molecule has 0 radical (unpaired) electrons. The number of carbonyl (C=O) groups excluding carboxylic acids is 2. The van der Waals surface area contributed by atoms with Gasteiger partial charge < -0.3 is 9.64 Å². The minimum Gasteiger partial charge on any atom is -0.492 e. The number of imide groups is 1. The van der Waals surface area contributed by atoms with Crippen molar-refractivity contribution < 1.29 is 22.7 Å². The van der Waals surface area contributed by atoms with Gasteiger partial charge in [-0.15, -0.1) is 0 Å². The maximum Gasteiger partial charge on any atom is 0.324 e. The number of nitrogens with one attached hydrogen (secondary N) is 2. The molecule has 0 unspecified atom stereocenters. The van der Waals surface area contributed by atoms with Crippen molar-refractivity contribution in [1.29, 1.82) is 0 Å². The highest BCUT2D eigenvalue weighted by Crippen LogP contribution is 2.39. The first-order valence-corrected chi connectivity index (χ1v) is 13.8. The molecular weight excluding hydrogens is 466 g/mol. The Morgan fingerprint density at radius 1 is 1.12 bits per heavy atom. The number of hydrogen-bond donors (Lipinski definition) is 2. The highest BCUT2D eigenvalue weighted by Gasteiger charge is 2.30. The van der Waals surface area contributed by atoms with Crippen LogP contribution in [0.2, 0.25) is 5.02 Å². The van der Waals surface area contributed by atoms with Crippen LogP contribution in [-0.4, -0.2) is 50.7 Å². The highest BCUT2D eigenvalue weighted by molar-refractivity contribution is 7.89. The molecule has 1 saturated heterocycles. The van der Waals surface area contributed by atoms with Gasteiger partial charge in [-0.05, 0) is 61.6 Å². The molecule has 3 amide bonds. The van der Waals surface area contributed by atoms with E-state index >= 15 is 0 Å². The van der Waals surface area contributed by atoms with Gasteiger partial charge in [0.1, 0.15) is 12.3 Å². The normalized spacial score (nSPS) is 19.6. The molecule has 3 aliphatic rings. The first kappa shape index (κ1) is 24.3. The highest BCUT2D eigenvalue weighted by atomic mass is 35.5. The van der Waals surface area contributed by atoms with E-state index in [0.717, 1.165) is 24.8 Å². The lowest BCUT2D eigenvalue weighted by Crippen LogP contribution is -2.31. The van der Waals surface area contributed by atoms with Gasteiger partial charge >= 0.3 is 6.03 Å². The number of carbonyl (C=O) groups is 2. The van der Waals surface area contributed by atoms with Gasteiger partial charge in [0.25, 0.3) is 0 Å². The lowest BCUT2D eigenvalue weighted by atomic mass is 10.0. The van der Waals surface area contributed by atoms with Crippen molar-refractivity contribution in [3.63, 3.8) is 0 Å². The van der Waals surface area contributed by atoms with E-state index in [0.29, 0.717) is 55.0 Å². The molecule has 0 bridgehead atoms. The van der Waals surface area contributed by atoms with Crippen LogP contribution >= 0.6 is 11.6 Å². The van der Waals surface area contributed by atoms with Gasteiger partial charge in [-0.2, -0.15) is 0 Å². The summed E-state index contributed by atoms with van der Waals surface area (Å²) in [5.74, 6) is 1.49. The first-order chi connectivity index (χ1) is 15.8. The Morgan fingerprint density at radius 2 is 1.88 bits per heavy atom. The Labute approximate surface area is 200 Å². The monoisotopic (exact) mass is 497 g/mol. The van der Waals surface area contributed by atoms with Gasteiger partial charge in [-0.25, -0.2) is 17.9 Å². The topological polar surface area (TPSA) is 105 Å². The molecule has 1 aromatic rings. The summed E-state index contributed by atoms with van der Waals surface area (Å²) in [6, 6.07) is 4.86. The molecule has 2 N–H and O–H groups in total. The van der Waals surface area contributed by atoms with E-state index in [9.17, 15) is 18.0 Å². The predicted octanol–water partition coefficient (Wildman–Crippen LogP) is 3.61. The molecule has 1 aromatic carbocycles. The van der Waals surface area contributed by atoms with Crippen molar-refractivity contribution in [2.75, 3.05) is 25.4 Å². The Balaban J connectivity index is 1.29. The van der Waals surface area contributed by atoms with Crippen molar-refractivity contribution in [2.45, 2.75) is 57.4 Å². The summed E-state index contributed by atoms with van der Waals surface area (Å²) < 4.78 is 34.4. The fraction of sp³-hybridized carbons (Fsp3) is 0.652. The van der Waals surface area contributed by atoms with Crippen LogP contribution in [0.4, 0.5) is 4.79 Å². The fourth-order valence-electron chi connectivity index (χ4n) is 3.99. The van der Waals surface area contributed by atoms with Crippen LogP contribution in [0.15, 0.2) is 18.2 Å². The molecule has 2 saturated carbocycles. The minimum absolute atomic E-state index is 0.0257. The molecule has 1 atom stereocenters. The Bertz CT molecular complexity index is 978. The van der Waals surface area contributed by atoms with E-state index in [1.807, 2.05) is 12.1 Å². The summed E-state index contributed by atoms with van der Waals surface area (Å²) in [5.41, 5.74) is 0.880. The maximum absolute atomic E-state index is 12.8. The molecule has 1 heterocycles. The van der Waals surface area contributed by atoms with Crippen molar-refractivity contribution in [1.82, 2.24) is 14.9 Å². The summed E-state index contributed by atoms with van der Waals surface area (Å²) in [4.78, 5) is 24.2. The summed E-state index contributed by atoms with van der Waals surface area (Å²) in [5, 5.41) is 2.78.